The van der Waals surface area contributed by atoms with E-state index in [2.05, 4.69) is 10.2 Å². The number of hydrogen-bond acceptors (Lipinski definition) is 5. The van der Waals surface area contributed by atoms with Crippen molar-refractivity contribution in [3.63, 3.8) is 0 Å². The minimum atomic E-state index is -0.423. The summed E-state index contributed by atoms with van der Waals surface area (Å²) in [7, 11) is 0. The van der Waals surface area contributed by atoms with Crippen LogP contribution in [0.5, 0.6) is 0 Å². The average molecular weight is 365 g/mol. The van der Waals surface area contributed by atoms with Crippen LogP contribution in [0.4, 0.5) is 4.39 Å². The van der Waals surface area contributed by atoms with Gasteiger partial charge in [-0.1, -0.05) is 23.9 Å². The number of halogens is 1. The normalized spacial score (nSPS) is 12.6. The molecule has 1 heterocycles. The van der Waals surface area contributed by atoms with Gasteiger partial charge in [0.1, 0.15) is 5.82 Å². The van der Waals surface area contributed by atoms with Crippen molar-refractivity contribution >= 4 is 17.7 Å². The summed E-state index contributed by atoms with van der Waals surface area (Å²) < 4.78 is 15.2. The Morgan fingerprint density at radius 1 is 1.16 bits per heavy atom. The minimum Gasteiger partial charge on any atom is -0.337 e. The van der Waals surface area contributed by atoms with E-state index in [1.165, 1.54) is 22.5 Å². The van der Waals surface area contributed by atoms with E-state index in [1.54, 1.807) is 18.2 Å². The molecular formula is C17H24FN5OS. The van der Waals surface area contributed by atoms with Crippen molar-refractivity contribution in [3.05, 3.63) is 30.1 Å². The fraction of sp³-hybridized carbons (Fsp3) is 0.471. The molecule has 1 amide bonds. The molecule has 0 aliphatic carbocycles. The van der Waals surface area contributed by atoms with Crippen molar-refractivity contribution in [2.24, 2.45) is 0 Å². The lowest BCUT2D eigenvalue weighted by atomic mass is 10.2. The van der Waals surface area contributed by atoms with Gasteiger partial charge in [-0.2, -0.15) is 0 Å². The van der Waals surface area contributed by atoms with E-state index < -0.39 is 5.82 Å². The monoisotopic (exact) mass is 365 g/mol. The summed E-state index contributed by atoms with van der Waals surface area (Å²) in [5, 5.41) is 7.98. The van der Waals surface area contributed by atoms with Crippen LogP contribution in [-0.2, 0) is 4.79 Å². The van der Waals surface area contributed by atoms with Crippen molar-refractivity contribution < 1.29 is 9.18 Å². The highest BCUT2D eigenvalue weighted by Crippen LogP contribution is 2.27. The van der Waals surface area contributed by atoms with Gasteiger partial charge in [0.25, 0.3) is 0 Å². The quantitative estimate of drug-likeness (QED) is 0.629. The maximum absolute atomic E-state index is 13.9. The molecule has 0 spiro atoms. The van der Waals surface area contributed by atoms with E-state index in [4.69, 9.17) is 5.84 Å². The number of carbonyl (C=O) groups is 1. The van der Waals surface area contributed by atoms with Crippen molar-refractivity contribution in [2.75, 3.05) is 5.84 Å². The number of benzene rings is 1. The molecule has 0 unspecified atom stereocenters. The molecule has 8 heteroatoms. The Kier molecular flexibility index (Phi) is 6.05. The lowest BCUT2D eigenvalue weighted by Gasteiger charge is -2.32. The van der Waals surface area contributed by atoms with Gasteiger partial charge in [0.15, 0.2) is 5.82 Å². The summed E-state index contributed by atoms with van der Waals surface area (Å²) in [6, 6.07) is 6.42. The second kappa shape index (κ2) is 7.86. The molecule has 2 N–H and O–H groups in total. The number of hydrogen-bond donors (Lipinski definition) is 1. The highest BCUT2D eigenvalue weighted by atomic mass is 32.2. The molecular weight excluding hydrogens is 341 g/mol. The standard InChI is InChI=1S/C17H24FN5OS/c1-10(2)22(11(3)4)16(24)12(5)25-17-21-20-15(23(17)19)13-8-6-7-9-14(13)18/h6-12H,19H2,1-5H3/t12-/m0/s1. The van der Waals surface area contributed by atoms with E-state index in [0.29, 0.717) is 5.16 Å². The first-order chi connectivity index (χ1) is 11.7. The van der Waals surface area contributed by atoms with Crippen LogP contribution in [0.15, 0.2) is 29.4 Å². The van der Waals surface area contributed by atoms with Crippen LogP contribution in [-0.4, -0.2) is 43.0 Å². The molecule has 0 fully saturated rings. The molecule has 0 radical (unpaired) electrons. The first kappa shape index (κ1) is 19.2. The van der Waals surface area contributed by atoms with Gasteiger partial charge >= 0.3 is 0 Å². The molecule has 6 nitrogen and oxygen atoms in total. The summed E-state index contributed by atoms with van der Waals surface area (Å²) in [6.07, 6.45) is 0. The number of carbonyl (C=O) groups excluding carboxylic acids is 1. The Morgan fingerprint density at radius 2 is 1.76 bits per heavy atom. The second-order valence-electron chi connectivity index (χ2n) is 6.35. The molecule has 0 aliphatic rings. The van der Waals surface area contributed by atoms with Gasteiger partial charge in [-0.15, -0.1) is 10.2 Å². The van der Waals surface area contributed by atoms with Crippen molar-refractivity contribution in [3.8, 4) is 11.4 Å². The zero-order chi connectivity index (χ0) is 18.7. The van der Waals surface area contributed by atoms with Crippen LogP contribution >= 0.6 is 11.8 Å². The molecule has 0 aliphatic heterocycles. The summed E-state index contributed by atoms with van der Waals surface area (Å²) in [4.78, 5) is 14.5. The number of nitrogens with two attached hydrogens (primary N) is 1. The van der Waals surface area contributed by atoms with Gasteiger partial charge in [-0.3, -0.25) is 4.79 Å². The highest BCUT2D eigenvalue weighted by Gasteiger charge is 2.27. The van der Waals surface area contributed by atoms with E-state index in [1.807, 2.05) is 39.5 Å². The van der Waals surface area contributed by atoms with Crippen LogP contribution in [0.2, 0.25) is 0 Å². The smallest absolute Gasteiger partial charge is 0.236 e. The third-order valence-electron chi connectivity index (χ3n) is 3.78. The lowest BCUT2D eigenvalue weighted by molar-refractivity contribution is -0.133. The van der Waals surface area contributed by atoms with Gasteiger partial charge < -0.3 is 10.7 Å². The van der Waals surface area contributed by atoms with Crippen LogP contribution < -0.4 is 5.84 Å². The molecule has 25 heavy (non-hydrogen) atoms. The topological polar surface area (TPSA) is 77.0 Å². The van der Waals surface area contributed by atoms with Crippen LogP contribution in [0.1, 0.15) is 34.6 Å². The third kappa shape index (κ3) is 4.12. The SMILES string of the molecule is CC(C)N(C(=O)[C@H](C)Sc1nnc(-c2ccccc2F)n1N)C(C)C. The summed E-state index contributed by atoms with van der Waals surface area (Å²) in [5.41, 5.74) is 0.273. The van der Waals surface area contributed by atoms with Gasteiger partial charge in [0.05, 0.1) is 10.8 Å². The number of thioether (sulfide) groups is 1. The average Bonchev–Trinajstić information content (AvgIpc) is 2.88. The summed E-state index contributed by atoms with van der Waals surface area (Å²) >= 11 is 1.21. The third-order valence-corrected chi connectivity index (χ3v) is 4.82. The Morgan fingerprint density at radius 3 is 2.32 bits per heavy atom. The number of rotatable bonds is 6. The van der Waals surface area contributed by atoms with Gasteiger partial charge in [-0.05, 0) is 46.8 Å². The van der Waals surface area contributed by atoms with Crippen LogP contribution in [0, 0.1) is 5.82 Å². The molecule has 136 valence electrons. The minimum absolute atomic E-state index is 0.00504. The predicted octanol–water partition coefficient (Wildman–Crippen LogP) is 2.92. The molecule has 1 atom stereocenters. The van der Waals surface area contributed by atoms with Crippen LogP contribution in [0.25, 0.3) is 11.4 Å². The van der Waals surface area contributed by atoms with Crippen molar-refractivity contribution in [2.45, 2.75) is 57.1 Å². The first-order valence-electron chi connectivity index (χ1n) is 8.18. The molecule has 0 saturated carbocycles. The maximum atomic E-state index is 13.9. The summed E-state index contributed by atoms with van der Waals surface area (Å²) in [5.74, 6) is 5.84. The zero-order valence-corrected chi connectivity index (χ0v) is 15.9. The Bertz CT molecular complexity index is 738. The Hall–Kier alpha value is -2.09. The summed E-state index contributed by atoms with van der Waals surface area (Å²) in [6.45, 7) is 9.74. The van der Waals surface area contributed by atoms with Crippen molar-refractivity contribution in [1.29, 1.82) is 0 Å². The van der Waals surface area contributed by atoms with Gasteiger partial charge in [0.2, 0.25) is 11.1 Å². The van der Waals surface area contributed by atoms with Gasteiger partial charge in [-0.25, -0.2) is 9.07 Å². The fourth-order valence-corrected chi connectivity index (χ4v) is 3.53. The maximum Gasteiger partial charge on any atom is 0.236 e. The number of amides is 1. The molecule has 2 rings (SSSR count). The Labute approximate surface area is 151 Å². The molecule has 0 bridgehead atoms. The number of nitrogens with zero attached hydrogens (tertiary/aromatic N) is 4. The second-order valence-corrected chi connectivity index (χ2v) is 7.66. The molecule has 2 aromatic rings. The van der Waals surface area contributed by atoms with E-state index in [-0.39, 0.29) is 34.6 Å². The number of aromatic nitrogens is 3. The molecule has 0 saturated heterocycles. The van der Waals surface area contributed by atoms with E-state index in [0.717, 1.165) is 0 Å². The van der Waals surface area contributed by atoms with E-state index in [9.17, 15) is 9.18 Å². The van der Waals surface area contributed by atoms with Gasteiger partial charge in [0, 0.05) is 12.1 Å². The largest absolute Gasteiger partial charge is 0.337 e. The molecule has 1 aromatic heterocycles. The lowest BCUT2D eigenvalue weighted by Crippen LogP contribution is -2.45. The zero-order valence-electron chi connectivity index (χ0n) is 15.1. The predicted molar refractivity (Wildman–Crippen MR) is 98.0 cm³/mol. The van der Waals surface area contributed by atoms with Crippen molar-refractivity contribution in [1.82, 2.24) is 19.8 Å². The Balaban J connectivity index is 2.21. The first-order valence-corrected chi connectivity index (χ1v) is 9.06. The number of nitrogen functional groups attached to an aromatic ring is 1. The fourth-order valence-electron chi connectivity index (χ4n) is 2.71. The van der Waals surface area contributed by atoms with E-state index >= 15 is 0 Å². The van der Waals surface area contributed by atoms with Crippen LogP contribution in [0.3, 0.4) is 0 Å². The highest BCUT2D eigenvalue weighted by molar-refractivity contribution is 8.00. The molecule has 1 aromatic carbocycles.